The van der Waals surface area contributed by atoms with Gasteiger partial charge in [0.15, 0.2) is 0 Å². The van der Waals surface area contributed by atoms with Crippen LogP contribution in [0, 0.1) is 0 Å². The highest BCUT2D eigenvalue weighted by atomic mass is 16.1. The fourth-order valence-electron chi connectivity index (χ4n) is 1.60. The van der Waals surface area contributed by atoms with Crippen LogP contribution < -0.4 is 10.8 Å². The molecule has 0 fully saturated rings. The number of aromatic nitrogens is 1. The summed E-state index contributed by atoms with van der Waals surface area (Å²) in [6, 6.07) is 5.98. The minimum absolute atomic E-state index is 0.0434. The van der Waals surface area contributed by atoms with Gasteiger partial charge in [-0.1, -0.05) is 5.46 Å². The Labute approximate surface area is 82.9 Å². The molecule has 0 atom stereocenters. The van der Waals surface area contributed by atoms with Crippen molar-refractivity contribution in [3.8, 4) is 0 Å². The van der Waals surface area contributed by atoms with Crippen LogP contribution in [-0.4, -0.2) is 18.7 Å². The Bertz CT molecular complexity index is 490. The third kappa shape index (κ3) is 1.51. The molecule has 14 heavy (non-hydrogen) atoms. The summed E-state index contributed by atoms with van der Waals surface area (Å²) >= 11 is 0. The summed E-state index contributed by atoms with van der Waals surface area (Å²) in [6.07, 6.45) is 1.87. The van der Waals surface area contributed by atoms with E-state index < -0.39 is 0 Å². The molecule has 0 bridgehead atoms. The van der Waals surface area contributed by atoms with Crippen LogP contribution >= 0.6 is 0 Å². The fraction of sp³-hybridized carbons (Fsp3) is 0.100. The van der Waals surface area contributed by atoms with Gasteiger partial charge in [0.05, 0.1) is 0 Å². The Hall–Kier alpha value is -1.71. The van der Waals surface area contributed by atoms with E-state index in [0.717, 1.165) is 22.1 Å². The van der Waals surface area contributed by atoms with E-state index in [1.807, 2.05) is 26.2 Å². The van der Waals surface area contributed by atoms with Crippen molar-refractivity contribution in [2.24, 2.45) is 0 Å². The molecule has 0 unspecified atom stereocenters. The first-order valence-corrected chi connectivity index (χ1v) is 4.52. The number of aromatic amines is 1. The molecule has 0 spiro atoms. The smallest absolute Gasteiger partial charge is 0.221 e. The highest BCUT2D eigenvalue weighted by Crippen LogP contribution is 2.20. The van der Waals surface area contributed by atoms with Gasteiger partial charge in [0.1, 0.15) is 7.85 Å². The molecule has 2 N–H and O–H groups in total. The topological polar surface area (TPSA) is 44.9 Å². The molecule has 0 aliphatic rings. The first-order chi connectivity index (χ1) is 6.66. The Balaban J connectivity index is 2.60. The van der Waals surface area contributed by atoms with E-state index in [1.54, 1.807) is 0 Å². The van der Waals surface area contributed by atoms with Crippen molar-refractivity contribution in [1.29, 1.82) is 0 Å². The van der Waals surface area contributed by atoms with Gasteiger partial charge in [-0.05, 0) is 18.2 Å². The lowest BCUT2D eigenvalue weighted by atomic mass is 9.94. The van der Waals surface area contributed by atoms with E-state index in [4.69, 9.17) is 0 Å². The van der Waals surface area contributed by atoms with Gasteiger partial charge >= 0.3 is 0 Å². The normalized spacial score (nSPS) is 10.4. The zero-order chi connectivity index (χ0) is 10.1. The SMILES string of the molecule is Bc1cc(NC(C)=O)c2cc[nH]c2c1. The van der Waals surface area contributed by atoms with Crippen molar-refractivity contribution in [2.75, 3.05) is 5.32 Å². The van der Waals surface area contributed by atoms with Crippen LogP contribution in [0.1, 0.15) is 6.92 Å². The molecular formula is C10H11BN2O. The first-order valence-electron chi connectivity index (χ1n) is 4.52. The largest absolute Gasteiger partial charge is 0.361 e. The lowest BCUT2D eigenvalue weighted by molar-refractivity contribution is -0.114. The molecule has 0 aliphatic carbocycles. The molecule has 1 heterocycles. The van der Waals surface area contributed by atoms with Gasteiger partial charge in [-0.25, -0.2) is 0 Å². The maximum absolute atomic E-state index is 11.0. The van der Waals surface area contributed by atoms with Gasteiger partial charge in [0.25, 0.3) is 0 Å². The van der Waals surface area contributed by atoms with Crippen LogP contribution in [0.2, 0.25) is 0 Å². The summed E-state index contributed by atoms with van der Waals surface area (Å²) in [5, 5.41) is 3.86. The number of rotatable bonds is 1. The van der Waals surface area contributed by atoms with Gasteiger partial charge in [0.2, 0.25) is 5.91 Å². The molecule has 1 amide bonds. The summed E-state index contributed by atoms with van der Waals surface area (Å²) in [6.45, 7) is 1.51. The van der Waals surface area contributed by atoms with Gasteiger partial charge < -0.3 is 10.3 Å². The van der Waals surface area contributed by atoms with Crippen molar-refractivity contribution in [3.05, 3.63) is 24.4 Å². The number of hydrogen-bond donors (Lipinski definition) is 2. The maximum atomic E-state index is 11.0. The molecule has 0 radical (unpaired) electrons. The Morgan fingerprint density at radius 1 is 1.50 bits per heavy atom. The minimum Gasteiger partial charge on any atom is -0.361 e. The van der Waals surface area contributed by atoms with Crippen molar-refractivity contribution >= 4 is 35.8 Å². The Morgan fingerprint density at radius 3 is 3.00 bits per heavy atom. The van der Waals surface area contributed by atoms with Crippen LogP contribution in [0.15, 0.2) is 24.4 Å². The molecular weight excluding hydrogens is 175 g/mol. The van der Waals surface area contributed by atoms with E-state index >= 15 is 0 Å². The maximum Gasteiger partial charge on any atom is 0.221 e. The molecule has 4 heteroatoms. The second kappa shape index (κ2) is 3.22. The zero-order valence-corrected chi connectivity index (χ0v) is 8.22. The summed E-state index contributed by atoms with van der Waals surface area (Å²) in [4.78, 5) is 14.1. The molecule has 1 aromatic carbocycles. The molecule has 70 valence electrons. The molecule has 0 aliphatic heterocycles. The van der Waals surface area contributed by atoms with Gasteiger partial charge in [0, 0.05) is 29.7 Å². The number of amides is 1. The van der Waals surface area contributed by atoms with Gasteiger partial charge in [-0.15, -0.1) is 0 Å². The predicted octanol–water partition coefficient (Wildman–Crippen LogP) is 0.385. The van der Waals surface area contributed by atoms with Crippen molar-refractivity contribution in [2.45, 2.75) is 6.92 Å². The van der Waals surface area contributed by atoms with Crippen LogP contribution in [0.25, 0.3) is 10.9 Å². The number of benzene rings is 1. The van der Waals surface area contributed by atoms with Gasteiger partial charge in [-0.3, -0.25) is 4.79 Å². The van der Waals surface area contributed by atoms with Crippen molar-refractivity contribution < 1.29 is 4.79 Å². The molecule has 0 saturated heterocycles. The summed E-state index contributed by atoms with van der Waals surface area (Å²) < 4.78 is 0. The highest BCUT2D eigenvalue weighted by molar-refractivity contribution is 6.34. The monoisotopic (exact) mass is 186 g/mol. The Morgan fingerprint density at radius 2 is 2.29 bits per heavy atom. The number of nitrogens with one attached hydrogen (secondary N) is 2. The first kappa shape index (κ1) is 8.87. The predicted molar refractivity (Wildman–Crippen MR) is 60.8 cm³/mol. The van der Waals surface area contributed by atoms with Crippen LogP contribution in [0.3, 0.4) is 0 Å². The highest BCUT2D eigenvalue weighted by Gasteiger charge is 2.03. The zero-order valence-electron chi connectivity index (χ0n) is 8.22. The van der Waals surface area contributed by atoms with Crippen molar-refractivity contribution in [3.63, 3.8) is 0 Å². The third-order valence-electron chi connectivity index (χ3n) is 2.12. The van der Waals surface area contributed by atoms with E-state index in [-0.39, 0.29) is 5.91 Å². The molecule has 2 rings (SSSR count). The van der Waals surface area contributed by atoms with Crippen molar-refractivity contribution in [1.82, 2.24) is 4.98 Å². The second-order valence-corrected chi connectivity index (χ2v) is 3.43. The van der Waals surface area contributed by atoms with Crippen LogP contribution in [-0.2, 0) is 4.79 Å². The van der Waals surface area contributed by atoms with E-state index in [2.05, 4.69) is 16.4 Å². The standard InChI is InChI=1S/C10H11BN2O/c1-6(14)13-10-5-7(11)4-9-8(10)2-3-12-9/h2-5,12H,11H2,1H3,(H,13,14). The van der Waals surface area contributed by atoms with E-state index in [1.165, 1.54) is 6.92 Å². The number of anilines is 1. The average molecular weight is 186 g/mol. The quantitative estimate of drug-likeness (QED) is 0.621. The van der Waals surface area contributed by atoms with Crippen LogP contribution in [0.4, 0.5) is 5.69 Å². The van der Waals surface area contributed by atoms with E-state index in [9.17, 15) is 4.79 Å². The number of carbonyl (C=O) groups is 1. The second-order valence-electron chi connectivity index (χ2n) is 3.43. The number of fused-ring (bicyclic) bond motifs is 1. The lowest BCUT2D eigenvalue weighted by Gasteiger charge is -2.05. The lowest BCUT2D eigenvalue weighted by Crippen LogP contribution is -2.10. The number of carbonyl (C=O) groups excluding carboxylic acids is 1. The number of H-pyrrole nitrogens is 1. The number of hydrogen-bond acceptors (Lipinski definition) is 1. The van der Waals surface area contributed by atoms with Gasteiger partial charge in [-0.2, -0.15) is 0 Å². The van der Waals surface area contributed by atoms with E-state index in [0.29, 0.717) is 0 Å². The molecule has 1 aromatic heterocycles. The molecule has 0 saturated carbocycles. The third-order valence-corrected chi connectivity index (χ3v) is 2.12. The molecule has 3 nitrogen and oxygen atoms in total. The fourth-order valence-corrected chi connectivity index (χ4v) is 1.60. The molecule has 2 aromatic rings. The summed E-state index contributed by atoms with van der Waals surface area (Å²) in [5.41, 5.74) is 3.05. The summed E-state index contributed by atoms with van der Waals surface area (Å²) in [7, 11) is 2.01. The van der Waals surface area contributed by atoms with Crippen LogP contribution in [0.5, 0.6) is 0 Å². The minimum atomic E-state index is -0.0434. The summed E-state index contributed by atoms with van der Waals surface area (Å²) in [5.74, 6) is -0.0434. The Kier molecular flexibility index (Phi) is 2.04. The average Bonchev–Trinajstić information content (AvgIpc) is 2.50.